The Bertz CT molecular complexity index is 574. The lowest BCUT2D eigenvalue weighted by molar-refractivity contribution is -0.146. The molecule has 0 aromatic heterocycles. The Labute approximate surface area is 143 Å². The van der Waals surface area contributed by atoms with Crippen LogP contribution in [-0.2, 0) is 16.0 Å². The minimum Gasteiger partial charge on any atom is -0.479 e. The Hall–Kier alpha value is -0.910. The molecule has 1 unspecified atom stereocenters. The lowest BCUT2D eigenvalue weighted by atomic mass is 9.98. The van der Waals surface area contributed by atoms with E-state index in [9.17, 15) is 14.7 Å². The monoisotopic (exact) mass is 361 g/mol. The molecule has 1 heterocycles. The Morgan fingerprint density at radius 1 is 1.32 bits per heavy atom. The number of benzene rings is 1. The van der Waals surface area contributed by atoms with Crippen molar-refractivity contribution in [2.24, 2.45) is 0 Å². The quantitative estimate of drug-likeness (QED) is 0.814. The van der Waals surface area contributed by atoms with Crippen molar-refractivity contribution in [2.75, 3.05) is 11.5 Å². The van der Waals surface area contributed by atoms with Crippen LogP contribution in [0.2, 0.25) is 10.0 Å². The number of carboxylic acids is 1. The van der Waals surface area contributed by atoms with E-state index in [1.807, 2.05) is 6.07 Å². The maximum absolute atomic E-state index is 12.0. The van der Waals surface area contributed by atoms with Crippen LogP contribution in [0.4, 0.5) is 0 Å². The van der Waals surface area contributed by atoms with Crippen LogP contribution in [0.1, 0.15) is 24.8 Å². The number of carboxylic acid groups (broad SMARTS) is 1. The van der Waals surface area contributed by atoms with Gasteiger partial charge in [-0.05, 0) is 42.7 Å². The molecule has 7 heteroatoms. The van der Waals surface area contributed by atoms with Gasteiger partial charge in [-0.15, -0.1) is 0 Å². The fourth-order valence-electron chi connectivity index (χ4n) is 2.36. The molecule has 1 aromatic carbocycles. The number of hydrogen-bond acceptors (Lipinski definition) is 3. The van der Waals surface area contributed by atoms with E-state index in [-0.39, 0.29) is 5.91 Å². The van der Waals surface area contributed by atoms with E-state index in [0.29, 0.717) is 41.5 Å². The van der Waals surface area contributed by atoms with Gasteiger partial charge in [0.1, 0.15) is 5.54 Å². The molecule has 1 aliphatic heterocycles. The highest BCUT2D eigenvalue weighted by molar-refractivity contribution is 7.99. The van der Waals surface area contributed by atoms with Gasteiger partial charge in [0, 0.05) is 12.2 Å². The number of carbonyl (C=O) groups is 2. The van der Waals surface area contributed by atoms with Gasteiger partial charge in [-0.25, -0.2) is 4.79 Å². The van der Waals surface area contributed by atoms with Gasteiger partial charge >= 0.3 is 5.97 Å². The number of thioether (sulfide) groups is 1. The largest absolute Gasteiger partial charge is 0.479 e. The molecule has 4 nitrogen and oxygen atoms in total. The van der Waals surface area contributed by atoms with Crippen molar-refractivity contribution in [3.63, 3.8) is 0 Å². The summed E-state index contributed by atoms with van der Waals surface area (Å²) in [5, 5.41) is 13.0. The highest BCUT2D eigenvalue weighted by Crippen LogP contribution is 2.28. The summed E-state index contributed by atoms with van der Waals surface area (Å²) >= 11 is 13.3. The summed E-state index contributed by atoms with van der Waals surface area (Å²) in [5.41, 5.74) is -0.0859. The average Bonchev–Trinajstić information content (AvgIpc) is 2.92. The Morgan fingerprint density at radius 2 is 2.09 bits per heavy atom. The summed E-state index contributed by atoms with van der Waals surface area (Å²) in [4.78, 5) is 23.4. The van der Waals surface area contributed by atoms with E-state index < -0.39 is 11.5 Å². The average molecular weight is 362 g/mol. The normalized spacial score (nSPS) is 20.8. The fourth-order valence-corrected chi connectivity index (χ4v) is 4.01. The molecule has 120 valence electrons. The first kappa shape index (κ1) is 17.4. The Balaban J connectivity index is 1.82. The fraction of sp³-hybridized carbons (Fsp3) is 0.467. The summed E-state index contributed by atoms with van der Waals surface area (Å²) in [5.74, 6) is 0.0248. The van der Waals surface area contributed by atoms with Gasteiger partial charge in [-0.1, -0.05) is 29.3 Å². The minimum atomic E-state index is -1.09. The Morgan fingerprint density at radius 3 is 2.68 bits per heavy atom. The number of hydrogen-bond donors (Lipinski definition) is 2. The zero-order valence-corrected chi connectivity index (χ0v) is 14.2. The molecule has 1 amide bonds. The molecule has 0 radical (unpaired) electrons. The third-order valence-electron chi connectivity index (χ3n) is 3.66. The van der Waals surface area contributed by atoms with Crippen molar-refractivity contribution < 1.29 is 14.7 Å². The van der Waals surface area contributed by atoms with Gasteiger partial charge in [0.15, 0.2) is 0 Å². The predicted molar refractivity (Wildman–Crippen MR) is 89.9 cm³/mol. The van der Waals surface area contributed by atoms with Crippen molar-refractivity contribution in [1.82, 2.24) is 5.32 Å². The molecule has 2 N–H and O–H groups in total. The highest BCUT2D eigenvalue weighted by Gasteiger charge is 2.42. The smallest absolute Gasteiger partial charge is 0.330 e. The van der Waals surface area contributed by atoms with Crippen molar-refractivity contribution >= 4 is 46.8 Å². The first-order chi connectivity index (χ1) is 10.4. The molecule has 1 atom stereocenters. The number of carbonyl (C=O) groups excluding carboxylic acids is 1. The van der Waals surface area contributed by atoms with Crippen molar-refractivity contribution in [3.8, 4) is 0 Å². The van der Waals surface area contributed by atoms with E-state index >= 15 is 0 Å². The van der Waals surface area contributed by atoms with Gasteiger partial charge in [-0.2, -0.15) is 11.8 Å². The summed E-state index contributed by atoms with van der Waals surface area (Å²) in [7, 11) is 0. The van der Waals surface area contributed by atoms with Crippen LogP contribution in [0, 0.1) is 0 Å². The van der Waals surface area contributed by atoms with Crippen molar-refractivity contribution in [2.45, 2.75) is 31.2 Å². The van der Waals surface area contributed by atoms with Gasteiger partial charge in [-0.3, -0.25) is 4.79 Å². The zero-order valence-electron chi connectivity index (χ0n) is 11.9. The van der Waals surface area contributed by atoms with Crippen LogP contribution in [0.3, 0.4) is 0 Å². The number of aliphatic carboxylic acids is 1. The third-order valence-corrected chi connectivity index (χ3v) is 5.59. The maximum Gasteiger partial charge on any atom is 0.330 e. The van der Waals surface area contributed by atoms with Crippen molar-refractivity contribution in [1.29, 1.82) is 0 Å². The van der Waals surface area contributed by atoms with Crippen LogP contribution < -0.4 is 5.32 Å². The summed E-state index contributed by atoms with van der Waals surface area (Å²) < 4.78 is 0. The summed E-state index contributed by atoms with van der Waals surface area (Å²) in [6.45, 7) is 0. The van der Waals surface area contributed by atoms with Gasteiger partial charge in [0.25, 0.3) is 0 Å². The van der Waals surface area contributed by atoms with Crippen molar-refractivity contribution in [3.05, 3.63) is 33.8 Å². The molecule has 0 saturated carbocycles. The topological polar surface area (TPSA) is 66.4 Å². The lowest BCUT2D eigenvalue weighted by Gasteiger charge is -2.24. The van der Waals surface area contributed by atoms with E-state index in [1.54, 1.807) is 23.9 Å². The molecule has 0 aliphatic carbocycles. The van der Waals surface area contributed by atoms with Gasteiger partial charge in [0.05, 0.1) is 10.0 Å². The van der Waals surface area contributed by atoms with Gasteiger partial charge in [0.2, 0.25) is 5.91 Å². The third kappa shape index (κ3) is 4.31. The molecular weight excluding hydrogens is 345 g/mol. The van der Waals surface area contributed by atoms with E-state index in [4.69, 9.17) is 23.2 Å². The van der Waals surface area contributed by atoms with Crippen LogP contribution in [-0.4, -0.2) is 34.0 Å². The molecule has 1 fully saturated rings. The lowest BCUT2D eigenvalue weighted by Crippen LogP contribution is -2.54. The standard InChI is InChI=1S/C15H17Cl2NO3S/c16-11-5-4-10(8-12(11)17)2-1-3-13(19)18-15(14(20)21)6-7-22-9-15/h4-5,8H,1-3,6-7,9H2,(H,18,19)(H,20,21). The summed E-state index contributed by atoms with van der Waals surface area (Å²) in [6, 6.07) is 5.39. The van der Waals surface area contributed by atoms with Crippen LogP contribution in [0.5, 0.6) is 0 Å². The molecule has 1 aliphatic rings. The number of aryl methyl sites for hydroxylation is 1. The van der Waals surface area contributed by atoms with Crippen LogP contribution >= 0.6 is 35.0 Å². The molecule has 22 heavy (non-hydrogen) atoms. The first-order valence-electron chi connectivity index (χ1n) is 6.99. The van der Waals surface area contributed by atoms with Crippen LogP contribution in [0.25, 0.3) is 0 Å². The first-order valence-corrected chi connectivity index (χ1v) is 8.90. The second-order valence-electron chi connectivity index (χ2n) is 5.34. The van der Waals surface area contributed by atoms with E-state index in [1.165, 1.54) is 0 Å². The second kappa shape index (κ2) is 7.57. The highest BCUT2D eigenvalue weighted by atomic mass is 35.5. The summed E-state index contributed by atoms with van der Waals surface area (Å²) in [6.07, 6.45) is 2.09. The number of rotatable bonds is 6. The predicted octanol–water partition coefficient (Wildman–Crippen LogP) is 3.39. The SMILES string of the molecule is O=C(CCCc1ccc(Cl)c(Cl)c1)NC1(C(=O)O)CCSC1. The number of amides is 1. The zero-order chi connectivity index (χ0) is 16.2. The molecule has 1 saturated heterocycles. The van der Waals surface area contributed by atoms with Crippen LogP contribution in [0.15, 0.2) is 18.2 Å². The Kier molecular flexibility index (Phi) is 6.01. The molecular formula is C15H17Cl2NO3S. The number of nitrogens with one attached hydrogen (secondary N) is 1. The maximum atomic E-state index is 12.0. The number of halogens is 2. The minimum absolute atomic E-state index is 0.218. The molecule has 1 aromatic rings. The van der Waals surface area contributed by atoms with Gasteiger partial charge < -0.3 is 10.4 Å². The van der Waals surface area contributed by atoms with E-state index in [2.05, 4.69) is 5.32 Å². The molecule has 0 bridgehead atoms. The second-order valence-corrected chi connectivity index (χ2v) is 7.26. The molecule has 0 spiro atoms. The molecule has 2 rings (SSSR count). The van der Waals surface area contributed by atoms with E-state index in [0.717, 1.165) is 11.3 Å².